The molecule has 1 amide bonds. The van der Waals surface area contributed by atoms with Crippen molar-refractivity contribution >= 4 is 11.9 Å². The van der Waals surface area contributed by atoms with Gasteiger partial charge in [-0.1, -0.05) is 19.9 Å². The number of nitrogens with one attached hydrogen (secondary N) is 1. The molecular weight excluding hydrogens is 238 g/mol. The Hall–Kier alpha value is -1.40. The molecule has 0 bridgehead atoms. The van der Waals surface area contributed by atoms with E-state index in [2.05, 4.69) is 11.9 Å². The highest BCUT2D eigenvalue weighted by atomic mass is 16.4. The van der Waals surface area contributed by atoms with Gasteiger partial charge in [0.25, 0.3) is 0 Å². The fourth-order valence-electron chi connectivity index (χ4n) is 0.797. The molecular formula is C12H23NO5. The molecule has 4 N–H and O–H groups in total. The van der Waals surface area contributed by atoms with Gasteiger partial charge in [-0.25, -0.2) is 4.79 Å². The molecule has 106 valence electrons. The average Bonchev–Trinajstić information content (AvgIpc) is 2.26. The quantitative estimate of drug-likeness (QED) is 0.514. The molecule has 0 heterocycles. The Bertz CT molecular complexity index is 276. The summed E-state index contributed by atoms with van der Waals surface area (Å²) in [6.07, 6.45) is -0.0241. The fourth-order valence-corrected chi connectivity index (χ4v) is 0.797. The summed E-state index contributed by atoms with van der Waals surface area (Å²) in [5.74, 6) is -1.37. The van der Waals surface area contributed by atoms with Crippen LogP contribution in [0.5, 0.6) is 0 Å². The predicted molar refractivity (Wildman–Crippen MR) is 68.1 cm³/mol. The summed E-state index contributed by atoms with van der Waals surface area (Å²) in [7, 11) is 0. The maximum Gasteiger partial charge on any atom is 0.332 e. The first-order chi connectivity index (χ1) is 8.22. The zero-order valence-corrected chi connectivity index (χ0v) is 11.1. The first kappa shape index (κ1) is 19.0. The van der Waals surface area contributed by atoms with Gasteiger partial charge in [-0.3, -0.25) is 4.79 Å². The standard InChI is InChI=1S/C9H17NO2.C3H6O3/c1-4-5-8(11)6-10-9(12)7(2)3;1-2(4)3(5)6/h8,11H,2,4-6H2,1,3H3,(H,10,12);2,4H,1H3,(H,5,6). The van der Waals surface area contributed by atoms with Crippen molar-refractivity contribution in [2.75, 3.05) is 6.54 Å². The molecule has 2 unspecified atom stereocenters. The van der Waals surface area contributed by atoms with Crippen LogP contribution in [-0.2, 0) is 9.59 Å². The van der Waals surface area contributed by atoms with Crippen LogP contribution in [0, 0.1) is 0 Å². The molecule has 2 atom stereocenters. The second-order valence-electron chi connectivity index (χ2n) is 3.95. The lowest BCUT2D eigenvalue weighted by atomic mass is 10.2. The molecule has 0 spiro atoms. The lowest BCUT2D eigenvalue weighted by molar-refractivity contribution is -0.145. The monoisotopic (exact) mass is 261 g/mol. The highest BCUT2D eigenvalue weighted by molar-refractivity contribution is 5.92. The average molecular weight is 261 g/mol. The van der Waals surface area contributed by atoms with Crippen LogP contribution in [0.25, 0.3) is 0 Å². The number of carbonyl (C=O) groups excluding carboxylic acids is 1. The highest BCUT2D eigenvalue weighted by Gasteiger charge is 2.05. The van der Waals surface area contributed by atoms with Gasteiger partial charge in [0.2, 0.25) is 5.91 Å². The van der Waals surface area contributed by atoms with E-state index in [0.717, 1.165) is 12.8 Å². The number of aliphatic hydroxyl groups excluding tert-OH is 2. The lowest BCUT2D eigenvalue weighted by Gasteiger charge is -2.09. The molecule has 0 aromatic rings. The van der Waals surface area contributed by atoms with E-state index >= 15 is 0 Å². The Kier molecular flexibility index (Phi) is 11.3. The molecule has 0 aliphatic heterocycles. The minimum absolute atomic E-state index is 0.190. The Morgan fingerprint density at radius 2 is 1.78 bits per heavy atom. The number of carboxylic acid groups (broad SMARTS) is 1. The Morgan fingerprint density at radius 1 is 1.33 bits per heavy atom. The molecule has 0 aliphatic rings. The van der Waals surface area contributed by atoms with E-state index < -0.39 is 18.2 Å². The SMILES string of the molecule is C=C(C)C(=O)NCC(O)CCC.CC(O)C(=O)O. The van der Waals surface area contributed by atoms with Gasteiger partial charge in [0.15, 0.2) is 0 Å². The zero-order valence-electron chi connectivity index (χ0n) is 11.1. The van der Waals surface area contributed by atoms with E-state index in [1.54, 1.807) is 6.92 Å². The minimum Gasteiger partial charge on any atom is -0.479 e. The first-order valence-electron chi connectivity index (χ1n) is 5.74. The van der Waals surface area contributed by atoms with Crippen molar-refractivity contribution < 1.29 is 24.9 Å². The van der Waals surface area contributed by atoms with E-state index in [4.69, 9.17) is 10.2 Å². The summed E-state index contributed by atoms with van der Waals surface area (Å²) in [6, 6.07) is 0. The number of carbonyl (C=O) groups is 2. The molecule has 0 rings (SSSR count). The summed E-state index contributed by atoms with van der Waals surface area (Å²) in [6.45, 7) is 8.63. The molecule has 6 nitrogen and oxygen atoms in total. The van der Waals surface area contributed by atoms with Crippen LogP contribution >= 0.6 is 0 Å². The molecule has 0 radical (unpaired) electrons. The number of hydrogen-bond donors (Lipinski definition) is 4. The van der Waals surface area contributed by atoms with Crippen molar-refractivity contribution in [2.45, 2.75) is 45.8 Å². The van der Waals surface area contributed by atoms with Crippen LogP contribution in [0.1, 0.15) is 33.6 Å². The highest BCUT2D eigenvalue weighted by Crippen LogP contribution is 1.94. The van der Waals surface area contributed by atoms with Gasteiger partial charge >= 0.3 is 5.97 Å². The van der Waals surface area contributed by atoms with Crippen LogP contribution in [0.15, 0.2) is 12.2 Å². The number of rotatable bonds is 6. The second kappa shape index (κ2) is 10.7. The van der Waals surface area contributed by atoms with Gasteiger partial charge in [-0.2, -0.15) is 0 Å². The number of amides is 1. The number of hydrogen-bond acceptors (Lipinski definition) is 4. The summed E-state index contributed by atoms with van der Waals surface area (Å²) < 4.78 is 0. The molecule has 0 aliphatic carbocycles. The van der Waals surface area contributed by atoms with Gasteiger partial charge in [-0.15, -0.1) is 0 Å². The molecule has 18 heavy (non-hydrogen) atoms. The third-order valence-corrected chi connectivity index (χ3v) is 1.87. The summed E-state index contributed by atoms with van der Waals surface area (Å²) in [5, 5.41) is 27.6. The van der Waals surface area contributed by atoms with E-state index in [0.29, 0.717) is 12.1 Å². The van der Waals surface area contributed by atoms with Crippen molar-refractivity contribution in [2.24, 2.45) is 0 Å². The van der Waals surface area contributed by atoms with Gasteiger partial charge < -0.3 is 20.6 Å². The fraction of sp³-hybridized carbons (Fsp3) is 0.667. The summed E-state index contributed by atoms with van der Waals surface area (Å²) in [4.78, 5) is 20.4. The van der Waals surface area contributed by atoms with E-state index in [9.17, 15) is 14.7 Å². The van der Waals surface area contributed by atoms with Crippen molar-refractivity contribution in [3.63, 3.8) is 0 Å². The molecule has 6 heteroatoms. The van der Waals surface area contributed by atoms with Crippen LogP contribution < -0.4 is 5.32 Å². The lowest BCUT2D eigenvalue weighted by Crippen LogP contribution is -2.32. The zero-order chi connectivity index (χ0) is 14.7. The maximum atomic E-state index is 10.9. The van der Waals surface area contributed by atoms with Crippen molar-refractivity contribution in [1.82, 2.24) is 5.32 Å². The number of aliphatic carboxylic acids is 1. The second-order valence-corrected chi connectivity index (χ2v) is 3.95. The summed E-state index contributed by atoms with van der Waals surface area (Å²) >= 11 is 0. The number of carboxylic acids is 1. The maximum absolute atomic E-state index is 10.9. The number of aliphatic hydroxyl groups is 2. The Balaban J connectivity index is 0. The molecule has 0 saturated heterocycles. The van der Waals surface area contributed by atoms with Crippen molar-refractivity contribution in [3.8, 4) is 0 Å². The molecule has 0 aromatic heterocycles. The van der Waals surface area contributed by atoms with E-state index in [1.165, 1.54) is 6.92 Å². The minimum atomic E-state index is -1.23. The van der Waals surface area contributed by atoms with Gasteiger partial charge in [0.05, 0.1) is 6.10 Å². The van der Waals surface area contributed by atoms with Crippen molar-refractivity contribution in [1.29, 1.82) is 0 Å². The van der Waals surface area contributed by atoms with Crippen LogP contribution in [-0.4, -0.2) is 45.9 Å². The normalized spacial score (nSPS) is 12.7. The van der Waals surface area contributed by atoms with Crippen LogP contribution in [0.3, 0.4) is 0 Å². The third-order valence-electron chi connectivity index (χ3n) is 1.87. The molecule has 0 fully saturated rings. The predicted octanol–water partition coefficient (Wildman–Crippen LogP) is 0.291. The molecule has 0 aromatic carbocycles. The smallest absolute Gasteiger partial charge is 0.332 e. The van der Waals surface area contributed by atoms with E-state index in [-0.39, 0.29) is 5.91 Å². The topological polar surface area (TPSA) is 107 Å². The van der Waals surface area contributed by atoms with Crippen molar-refractivity contribution in [3.05, 3.63) is 12.2 Å². The molecule has 0 saturated carbocycles. The first-order valence-corrected chi connectivity index (χ1v) is 5.74. The largest absolute Gasteiger partial charge is 0.479 e. The van der Waals surface area contributed by atoms with Gasteiger partial charge in [-0.05, 0) is 20.3 Å². The van der Waals surface area contributed by atoms with Crippen LogP contribution in [0.4, 0.5) is 0 Å². The summed E-state index contributed by atoms with van der Waals surface area (Å²) in [5.41, 5.74) is 0.471. The van der Waals surface area contributed by atoms with Crippen LogP contribution in [0.2, 0.25) is 0 Å². The van der Waals surface area contributed by atoms with Gasteiger partial charge in [0.1, 0.15) is 6.10 Å². The Morgan fingerprint density at radius 3 is 2.06 bits per heavy atom. The van der Waals surface area contributed by atoms with Gasteiger partial charge in [0, 0.05) is 12.1 Å². The Labute approximate surface area is 107 Å². The van der Waals surface area contributed by atoms with E-state index in [1.807, 2.05) is 6.92 Å². The third kappa shape index (κ3) is 12.7.